The van der Waals surface area contributed by atoms with E-state index >= 15 is 0 Å². The summed E-state index contributed by atoms with van der Waals surface area (Å²) in [5.74, 6) is 0.933. The van der Waals surface area contributed by atoms with Gasteiger partial charge in [0.2, 0.25) is 5.91 Å². The van der Waals surface area contributed by atoms with Gasteiger partial charge in [0, 0.05) is 52.9 Å². The number of piperazine rings is 1. The van der Waals surface area contributed by atoms with Crippen LogP contribution in [0, 0.1) is 12.7 Å². The van der Waals surface area contributed by atoms with Crippen molar-refractivity contribution in [1.29, 1.82) is 0 Å². The van der Waals surface area contributed by atoms with Crippen molar-refractivity contribution in [3.8, 4) is 0 Å². The Morgan fingerprint density at radius 2 is 1.79 bits per heavy atom. The molecule has 2 aliphatic rings. The number of nitrogens with one attached hydrogen (secondary N) is 1. The molecule has 0 radical (unpaired) electrons. The second kappa shape index (κ2) is 11.1. The van der Waals surface area contributed by atoms with E-state index in [1.165, 1.54) is 6.07 Å². The lowest BCUT2D eigenvalue weighted by atomic mass is 10.1. The highest BCUT2D eigenvalue weighted by atomic mass is 127. The summed E-state index contributed by atoms with van der Waals surface area (Å²) in [7, 11) is 1.78. The molecular formula is C21H33FIN5O. The van der Waals surface area contributed by atoms with Crippen LogP contribution in [0.2, 0.25) is 0 Å². The molecule has 1 N–H and O–H groups in total. The first-order chi connectivity index (χ1) is 13.5. The molecule has 1 aromatic rings. The summed E-state index contributed by atoms with van der Waals surface area (Å²) in [5.41, 5.74) is 1.68. The van der Waals surface area contributed by atoms with E-state index in [0.29, 0.717) is 12.1 Å². The van der Waals surface area contributed by atoms with Crippen LogP contribution in [0.4, 0.5) is 4.39 Å². The van der Waals surface area contributed by atoms with Crippen molar-refractivity contribution in [3.63, 3.8) is 0 Å². The van der Waals surface area contributed by atoms with Gasteiger partial charge in [0.05, 0.1) is 6.04 Å². The monoisotopic (exact) mass is 517 g/mol. The van der Waals surface area contributed by atoms with Gasteiger partial charge in [0.25, 0.3) is 0 Å². The van der Waals surface area contributed by atoms with Gasteiger partial charge in [-0.15, -0.1) is 24.0 Å². The maximum Gasteiger partial charge on any atom is 0.239 e. The van der Waals surface area contributed by atoms with Crippen LogP contribution < -0.4 is 5.32 Å². The highest BCUT2D eigenvalue weighted by Gasteiger charge is 2.30. The third-order valence-electron chi connectivity index (χ3n) is 5.82. The smallest absolute Gasteiger partial charge is 0.239 e. The summed E-state index contributed by atoms with van der Waals surface area (Å²) < 4.78 is 13.4. The van der Waals surface area contributed by atoms with Crippen LogP contribution >= 0.6 is 24.0 Å². The number of rotatable bonds is 4. The van der Waals surface area contributed by atoms with Crippen molar-refractivity contribution in [1.82, 2.24) is 20.0 Å². The SMILES string of the molecule is CN=C(NCc1ccc(F)c(C)c1)N1CCN(C(C)C(=O)N2CCCC2)CC1.I. The van der Waals surface area contributed by atoms with Crippen LogP contribution in [0.1, 0.15) is 30.9 Å². The molecule has 2 aliphatic heterocycles. The molecule has 29 heavy (non-hydrogen) atoms. The van der Waals surface area contributed by atoms with Gasteiger partial charge in [-0.05, 0) is 43.9 Å². The molecule has 1 aromatic carbocycles. The van der Waals surface area contributed by atoms with Crippen LogP contribution in [-0.4, -0.2) is 78.9 Å². The maximum absolute atomic E-state index is 13.4. The number of guanidine groups is 1. The van der Waals surface area contributed by atoms with Gasteiger partial charge in [-0.2, -0.15) is 0 Å². The lowest BCUT2D eigenvalue weighted by Crippen LogP contribution is -2.57. The van der Waals surface area contributed by atoms with Gasteiger partial charge >= 0.3 is 0 Å². The first-order valence-electron chi connectivity index (χ1n) is 10.2. The predicted octanol–water partition coefficient (Wildman–Crippen LogP) is 2.46. The minimum Gasteiger partial charge on any atom is -0.352 e. The van der Waals surface area contributed by atoms with Crippen LogP contribution in [0.15, 0.2) is 23.2 Å². The molecule has 0 saturated carbocycles. The van der Waals surface area contributed by atoms with Crippen LogP contribution in [0.3, 0.4) is 0 Å². The number of likely N-dealkylation sites (tertiary alicyclic amines) is 1. The van der Waals surface area contributed by atoms with E-state index in [-0.39, 0.29) is 41.7 Å². The average Bonchev–Trinajstić information content (AvgIpc) is 3.25. The zero-order valence-electron chi connectivity index (χ0n) is 17.7. The van der Waals surface area contributed by atoms with E-state index in [9.17, 15) is 9.18 Å². The molecule has 2 fully saturated rings. The number of amides is 1. The van der Waals surface area contributed by atoms with Crippen molar-refractivity contribution in [2.75, 3.05) is 46.3 Å². The quantitative estimate of drug-likeness (QED) is 0.379. The first-order valence-corrected chi connectivity index (χ1v) is 10.2. The standard InChI is InChI=1S/C21H32FN5O.HI/c1-16-14-18(6-7-19(16)22)15-24-21(23-3)27-12-10-25(11-13-27)17(2)20(28)26-8-4-5-9-26;/h6-7,14,17H,4-5,8-13,15H2,1-3H3,(H,23,24);1H. The summed E-state index contributed by atoms with van der Waals surface area (Å²) >= 11 is 0. The molecule has 8 heteroatoms. The van der Waals surface area contributed by atoms with Crippen molar-refractivity contribution >= 4 is 35.8 Å². The Kier molecular flexibility index (Phi) is 9.13. The number of aliphatic imine (C=N–C) groups is 1. The van der Waals surface area contributed by atoms with Crippen LogP contribution in [0.5, 0.6) is 0 Å². The lowest BCUT2D eigenvalue weighted by Gasteiger charge is -2.39. The molecular weight excluding hydrogens is 484 g/mol. The number of aryl methyl sites for hydroxylation is 1. The minimum absolute atomic E-state index is 0. The van der Waals surface area contributed by atoms with E-state index in [0.717, 1.165) is 63.6 Å². The second-order valence-corrected chi connectivity index (χ2v) is 7.72. The van der Waals surface area contributed by atoms with Gasteiger partial charge in [0.15, 0.2) is 5.96 Å². The zero-order chi connectivity index (χ0) is 20.1. The highest BCUT2D eigenvalue weighted by Crippen LogP contribution is 2.14. The number of carbonyl (C=O) groups excluding carboxylic acids is 1. The van der Waals surface area contributed by atoms with Gasteiger partial charge in [-0.1, -0.05) is 12.1 Å². The summed E-state index contributed by atoms with van der Waals surface area (Å²) in [6, 6.07) is 5.11. The predicted molar refractivity (Wildman–Crippen MR) is 125 cm³/mol. The Morgan fingerprint density at radius 1 is 1.14 bits per heavy atom. The fourth-order valence-corrected chi connectivity index (χ4v) is 4.01. The summed E-state index contributed by atoms with van der Waals surface area (Å²) in [6.45, 7) is 9.58. The van der Waals surface area contributed by atoms with E-state index in [4.69, 9.17) is 0 Å². The topological polar surface area (TPSA) is 51.2 Å². The Balaban J connectivity index is 0.00000300. The Labute approximate surface area is 190 Å². The molecule has 0 aromatic heterocycles. The number of halogens is 2. The largest absolute Gasteiger partial charge is 0.352 e. The van der Waals surface area contributed by atoms with E-state index in [1.54, 1.807) is 20.0 Å². The van der Waals surface area contributed by atoms with Gasteiger partial charge in [-0.3, -0.25) is 14.7 Å². The Bertz CT molecular complexity index is 715. The van der Waals surface area contributed by atoms with E-state index in [1.807, 2.05) is 17.9 Å². The molecule has 2 saturated heterocycles. The van der Waals surface area contributed by atoms with Gasteiger partial charge in [0.1, 0.15) is 5.82 Å². The maximum atomic E-state index is 13.4. The molecule has 2 heterocycles. The highest BCUT2D eigenvalue weighted by molar-refractivity contribution is 14.0. The third-order valence-corrected chi connectivity index (χ3v) is 5.82. The molecule has 0 bridgehead atoms. The van der Waals surface area contributed by atoms with Gasteiger partial charge in [-0.25, -0.2) is 4.39 Å². The molecule has 6 nitrogen and oxygen atoms in total. The molecule has 162 valence electrons. The normalized spacial score (nSPS) is 19.1. The van der Waals surface area contributed by atoms with Crippen molar-refractivity contribution < 1.29 is 9.18 Å². The van der Waals surface area contributed by atoms with E-state index in [2.05, 4.69) is 20.1 Å². The molecule has 1 unspecified atom stereocenters. The van der Waals surface area contributed by atoms with Crippen molar-refractivity contribution in [2.24, 2.45) is 4.99 Å². The minimum atomic E-state index is -0.179. The molecule has 3 rings (SSSR count). The molecule has 1 amide bonds. The fourth-order valence-electron chi connectivity index (χ4n) is 4.01. The molecule has 1 atom stereocenters. The van der Waals surface area contributed by atoms with Crippen molar-refractivity contribution in [2.45, 2.75) is 39.3 Å². The molecule has 0 aliphatic carbocycles. The number of hydrogen-bond acceptors (Lipinski definition) is 3. The number of hydrogen-bond donors (Lipinski definition) is 1. The fraction of sp³-hybridized carbons (Fsp3) is 0.619. The molecule has 0 spiro atoms. The van der Waals surface area contributed by atoms with Gasteiger partial charge < -0.3 is 15.1 Å². The summed E-state index contributed by atoms with van der Waals surface area (Å²) in [6.07, 6.45) is 2.25. The second-order valence-electron chi connectivity index (χ2n) is 7.72. The van der Waals surface area contributed by atoms with Crippen LogP contribution in [-0.2, 0) is 11.3 Å². The summed E-state index contributed by atoms with van der Waals surface area (Å²) in [4.78, 5) is 23.5. The Morgan fingerprint density at radius 3 is 2.38 bits per heavy atom. The average molecular weight is 517 g/mol. The zero-order valence-corrected chi connectivity index (χ0v) is 20.0. The van der Waals surface area contributed by atoms with Crippen molar-refractivity contribution in [3.05, 3.63) is 35.1 Å². The van der Waals surface area contributed by atoms with Crippen LogP contribution in [0.25, 0.3) is 0 Å². The lowest BCUT2D eigenvalue weighted by molar-refractivity contribution is -0.135. The number of nitrogens with zero attached hydrogens (tertiary/aromatic N) is 4. The van der Waals surface area contributed by atoms with E-state index < -0.39 is 0 Å². The summed E-state index contributed by atoms with van der Waals surface area (Å²) in [5, 5.41) is 3.37. The first kappa shape index (κ1) is 23.9. The number of benzene rings is 1. The Hall–Kier alpha value is -1.42. The third kappa shape index (κ3) is 6.04. The number of carbonyl (C=O) groups is 1.